The smallest absolute Gasteiger partial charge is 0.317 e. The number of methoxy groups -OCH3 is 1. The van der Waals surface area contributed by atoms with Crippen molar-refractivity contribution in [1.29, 1.82) is 0 Å². The van der Waals surface area contributed by atoms with Gasteiger partial charge in [-0.1, -0.05) is 12.1 Å². The van der Waals surface area contributed by atoms with Crippen LogP contribution in [0.2, 0.25) is 0 Å². The molecule has 1 rings (SSSR count). The second-order valence-electron chi connectivity index (χ2n) is 5.02. The average molecular weight is 280 g/mol. The Morgan fingerprint density at radius 3 is 2.80 bits per heavy atom. The van der Waals surface area contributed by atoms with Crippen LogP contribution in [0.25, 0.3) is 0 Å². The second kappa shape index (κ2) is 7.75. The lowest BCUT2D eigenvalue weighted by Gasteiger charge is -2.19. The van der Waals surface area contributed by atoms with E-state index in [-0.39, 0.29) is 6.03 Å². The Kier molecular flexibility index (Phi) is 6.31. The largest absolute Gasteiger partial charge is 0.496 e. The Balaban J connectivity index is 2.42. The summed E-state index contributed by atoms with van der Waals surface area (Å²) < 4.78 is 5.27. The molecule has 0 aliphatic rings. The van der Waals surface area contributed by atoms with Crippen molar-refractivity contribution in [3.05, 3.63) is 29.3 Å². The number of hydrogen-bond acceptors (Lipinski definition) is 3. The number of urea groups is 1. The molecule has 5 nitrogen and oxygen atoms in total. The molecule has 0 spiro atoms. The fourth-order valence-electron chi connectivity index (χ4n) is 1.95. The number of carbonyl (C=O) groups is 1. The van der Waals surface area contributed by atoms with E-state index in [1.807, 2.05) is 25.1 Å². The molecule has 1 unspecified atom stereocenters. The highest BCUT2D eigenvalue weighted by atomic mass is 16.5. The van der Waals surface area contributed by atoms with E-state index in [1.54, 1.807) is 21.1 Å². The minimum Gasteiger partial charge on any atom is -0.496 e. The molecule has 2 N–H and O–H groups in total. The average Bonchev–Trinajstić information content (AvgIpc) is 2.39. The molecule has 1 atom stereocenters. The first-order valence-electron chi connectivity index (χ1n) is 6.74. The zero-order valence-electron chi connectivity index (χ0n) is 12.6. The van der Waals surface area contributed by atoms with Crippen LogP contribution in [-0.2, 0) is 6.42 Å². The van der Waals surface area contributed by atoms with Crippen LogP contribution in [0, 0.1) is 6.92 Å². The molecular weight excluding hydrogens is 256 g/mol. The number of rotatable bonds is 6. The van der Waals surface area contributed by atoms with Crippen LogP contribution in [0.3, 0.4) is 0 Å². The first-order chi connectivity index (χ1) is 9.43. The molecule has 2 amide bonds. The van der Waals surface area contributed by atoms with Crippen molar-refractivity contribution in [2.45, 2.75) is 26.4 Å². The second-order valence-corrected chi connectivity index (χ2v) is 5.02. The lowest BCUT2D eigenvalue weighted by Crippen LogP contribution is -2.41. The molecule has 112 valence electrons. The molecule has 0 aliphatic carbocycles. The zero-order valence-corrected chi connectivity index (χ0v) is 12.6. The van der Waals surface area contributed by atoms with E-state index in [9.17, 15) is 9.90 Å². The molecule has 0 fully saturated rings. The summed E-state index contributed by atoms with van der Waals surface area (Å²) >= 11 is 0. The van der Waals surface area contributed by atoms with Crippen molar-refractivity contribution in [3.63, 3.8) is 0 Å². The van der Waals surface area contributed by atoms with Crippen LogP contribution in [-0.4, -0.2) is 49.4 Å². The van der Waals surface area contributed by atoms with Gasteiger partial charge in [0.25, 0.3) is 0 Å². The summed E-state index contributed by atoms with van der Waals surface area (Å²) in [6, 6.07) is 5.85. The van der Waals surface area contributed by atoms with Gasteiger partial charge in [-0.05, 0) is 37.5 Å². The first-order valence-corrected chi connectivity index (χ1v) is 6.74. The third-order valence-corrected chi connectivity index (χ3v) is 3.05. The molecule has 20 heavy (non-hydrogen) atoms. The van der Waals surface area contributed by atoms with Crippen molar-refractivity contribution in [2.24, 2.45) is 0 Å². The standard InChI is InChI=1S/C15H24N2O3/c1-11-5-6-13(9-14(11)20-4)7-8-16-15(19)17(3)10-12(2)18/h5-6,9,12,18H,7-8,10H2,1-4H3,(H,16,19). The highest BCUT2D eigenvalue weighted by Gasteiger charge is 2.10. The highest BCUT2D eigenvalue weighted by Crippen LogP contribution is 2.18. The van der Waals surface area contributed by atoms with Gasteiger partial charge in [0.2, 0.25) is 0 Å². The Morgan fingerprint density at radius 2 is 2.20 bits per heavy atom. The summed E-state index contributed by atoms with van der Waals surface area (Å²) in [6.07, 6.45) is 0.220. The summed E-state index contributed by atoms with van der Waals surface area (Å²) in [5, 5.41) is 12.0. The lowest BCUT2D eigenvalue weighted by atomic mass is 10.1. The maximum Gasteiger partial charge on any atom is 0.317 e. The van der Waals surface area contributed by atoms with Gasteiger partial charge in [-0.15, -0.1) is 0 Å². The fraction of sp³-hybridized carbons (Fsp3) is 0.533. The fourth-order valence-corrected chi connectivity index (χ4v) is 1.95. The van der Waals surface area contributed by atoms with Gasteiger partial charge in [0.15, 0.2) is 0 Å². The Labute approximate surface area is 120 Å². The van der Waals surface area contributed by atoms with Gasteiger partial charge >= 0.3 is 6.03 Å². The number of carbonyl (C=O) groups excluding carboxylic acids is 1. The van der Waals surface area contributed by atoms with Crippen molar-refractivity contribution in [1.82, 2.24) is 10.2 Å². The van der Waals surface area contributed by atoms with Crippen molar-refractivity contribution in [3.8, 4) is 5.75 Å². The Morgan fingerprint density at radius 1 is 1.50 bits per heavy atom. The van der Waals surface area contributed by atoms with Crippen molar-refractivity contribution < 1.29 is 14.6 Å². The minimum atomic E-state index is -0.521. The summed E-state index contributed by atoms with van der Waals surface area (Å²) in [6.45, 7) is 4.52. The number of aryl methyl sites for hydroxylation is 1. The molecule has 0 radical (unpaired) electrons. The van der Waals surface area contributed by atoms with Crippen LogP contribution in [0.5, 0.6) is 5.75 Å². The molecule has 0 aliphatic heterocycles. The van der Waals surface area contributed by atoms with E-state index in [1.165, 1.54) is 4.90 Å². The van der Waals surface area contributed by atoms with Gasteiger partial charge in [-0.25, -0.2) is 4.79 Å². The first kappa shape index (κ1) is 16.3. The van der Waals surface area contributed by atoms with Gasteiger partial charge in [0.1, 0.15) is 5.75 Å². The predicted molar refractivity (Wildman–Crippen MR) is 79.1 cm³/mol. The number of amides is 2. The Hall–Kier alpha value is -1.75. The molecule has 1 aromatic carbocycles. The number of ether oxygens (including phenoxy) is 1. The molecule has 5 heteroatoms. The van der Waals surface area contributed by atoms with E-state index in [2.05, 4.69) is 5.32 Å². The summed E-state index contributed by atoms with van der Waals surface area (Å²) in [5.74, 6) is 0.861. The summed E-state index contributed by atoms with van der Waals surface area (Å²) in [5.41, 5.74) is 2.21. The van der Waals surface area contributed by atoms with Crippen LogP contribution in [0.4, 0.5) is 4.79 Å². The third-order valence-electron chi connectivity index (χ3n) is 3.05. The van der Waals surface area contributed by atoms with E-state index >= 15 is 0 Å². The van der Waals surface area contributed by atoms with Crippen molar-refractivity contribution >= 4 is 6.03 Å². The van der Waals surface area contributed by atoms with Gasteiger partial charge in [0.05, 0.1) is 13.2 Å². The van der Waals surface area contributed by atoms with E-state index < -0.39 is 6.10 Å². The molecule has 0 heterocycles. The lowest BCUT2D eigenvalue weighted by molar-refractivity contribution is 0.144. The summed E-state index contributed by atoms with van der Waals surface area (Å²) in [4.78, 5) is 13.2. The van der Waals surface area contributed by atoms with Gasteiger partial charge in [-0.3, -0.25) is 0 Å². The minimum absolute atomic E-state index is 0.176. The van der Waals surface area contributed by atoms with Crippen LogP contribution in [0.15, 0.2) is 18.2 Å². The molecule has 0 saturated heterocycles. The number of likely N-dealkylation sites (N-methyl/N-ethyl adjacent to an activating group) is 1. The van der Waals surface area contributed by atoms with Gasteiger partial charge < -0.3 is 20.1 Å². The summed E-state index contributed by atoms with van der Waals surface area (Å²) in [7, 11) is 3.32. The van der Waals surface area contributed by atoms with Crippen LogP contribution >= 0.6 is 0 Å². The maximum atomic E-state index is 11.7. The van der Waals surface area contributed by atoms with E-state index in [4.69, 9.17) is 4.74 Å². The molecule has 1 aromatic rings. The number of benzene rings is 1. The van der Waals surface area contributed by atoms with E-state index in [0.29, 0.717) is 13.1 Å². The maximum absolute atomic E-state index is 11.7. The number of hydrogen-bond donors (Lipinski definition) is 2. The number of nitrogens with one attached hydrogen (secondary N) is 1. The Bertz CT molecular complexity index is 447. The van der Waals surface area contributed by atoms with E-state index in [0.717, 1.165) is 23.3 Å². The number of aliphatic hydroxyl groups excluding tert-OH is 1. The number of nitrogens with zero attached hydrogens (tertiary/aromatic N) is 1. The monoisotopic (exact) mass is 280 g/mol. The number of aliphatic hydroxyl groups is 1. The topological polar surface area (TPSA) is 61.8 Å². The SMILES string of the molecule is COc1cc(CCNC(=O)N(C)CC(C)O)ccc1C. The predicted octanol–water partition coefficient (Wildman–Crippen LogP) is 1.57. The normalized spacial score (nSPS) is 11.8. The quantitative estimate of drug-likeness (QED) is 0.831. The van der Waals surface area contributed by atoms with Gasteiger partial charge in [0, 0.05) is 20.1 Å². The molecule has 0 bridgehead atoms. The third kappa shape index (κ3) is 5.09. The zero-order chi connectivity index (χ0) is 15.1. The van der Waals surface area contributed by atoms with Crippen LogP contribution in [0.1, 0.15) is 18.1 Å². The molecular formula is C15H24N2O3. The molecule has 0 saturated carbocycles. The van der Waals surface area contributed by atoms with Gasteiger partial charge in [-0.2, -0.15) is 0 Å². The van der Waals surface area contributed by atoms with Crippen LogP contribution < -0.4 is 10.1 Å². The molecule has 0 aromatic heterocycles. The highest BCUT2D eigenvalue weighted by molar-refractivity contribution is 5.73. The van der Waals surface area contributed by atoms with Crippen molar-refractivity contribution in [2.75, 3.05) is 27.2 Å².